The lowest BCUT2D eigenvalue weighted by atomic mass is 9.93. The molecular weight excluding hydrogens is 264 g/mol. The summed E-state index contributed by atoms with van der Waals surface area (Å²) in [5.74, 6) is 0.888. The first-order valence-electron chi connectivity index (χ1n) is 7.96. The molecule has 3 rings (SSSR count). The first-order valence-corrected chi connectivity index (χ1v) is 7.96. The number of pyridine rings is 1. The Morgan fingerprint density at radius 2 is 2.14 bits per heavy atom. The minimum absolute atomic E-state index is 0.374. The van der Waals surface area contributed by atoms with Gasteiger partial charge in [-0.05, 0) is 62.6 Å². The summed E-state index contributed by atoms with van der Waals surface area (Å²) < 4.78 is 0. The number of primary amides is 1. The van der Waals surface area contributed by atoms with Crippen molar-refractivity contribution >= 4 is 11.7 Å². The zero-order chi connectivity index (χ0) is 14.8. The van der Waals surface area contributed by atoms with E-state index < -0.39 is 0 Å². The van der Waals surface area contributed by atoms with Crippen molar-refractivity contribution in [2.45, 2.75) is 38.5 Å². The fourth-order valence-electron chi connectivity index (χ4n) is 3.49. The zero-order valence-corrected chi connectivity index (χ0v) is 12.5. The Morgan fingerprint density at radius 3 is 2.90 bits per heavy atom. The van der Waals surface area contributed by atoms with Gasteiger partial charge >= 0.3 is 0 Å². The predicted molar refractivity (Wildman–Crippen MR) is 83.4 cm³/mol. The van der Waals surface area contributed by atoms with E-state index in [-0.39, 0.29) is 5.91 Å². The highest BCUT2D eigenvalue weighted by Crippen LogP contribution is 2.29. The molecule has 0 bridgehead atoms. The van der Waals surface area contributed by atoms with E-state index in [1.807, 2.05) is 6.07 Å². The third-order valence-electron chi connectivity index (χ3n) is 4.70. The summed E-state index contributed by atoms with van der Waals surface area (Å²) in [7, 11) is 0. The van der Waals surface area contributed by atoms with Crippen LogP contribution in [0, 0.1) is 5.92 Å². The molecule has 1 amide bonds. The van der Waals surface area contributed by atoms with Gasteiger partial charge in [0.15, 0.2) is 0 Å². The minimum atomic E-state index is -0.374. The van der Waals surface area contributed by atoms with Crippen LogP contribution in [-0.2, 0) is 12.8 Å². The number of hydrogen-bond donors (Lipinski definition) is 2. The quantitative estimate of drug-likeness (QED) is 0.876. The van der Waals surface area contributed by atoms with Crippen molar-refractivity contribution in [3.63, 3.8) is 0 Å². The molecule has 2 aliphatic rings. The number of amides is 1. The molecule has 5 heteroatoms. The maximum absolute atomic E-state index is 11.8. The summed E-state index contributed by atoms with van der Waals surface area (Å²) in [4.78, 5) is 18.8. The van der Waals surface area contributed by atoms with Crippen molar-refractivity contribution < 1.29 is 4.79 Å². The number of hydrogen-bond acceptors (Lipinski definition) is 4. The van der Waals surface area contributed by atoms with Crippen LogP contribution in [0.1, 0.15) is 47.3 Å². The maximum atomic E-state index is 11.8. The van der Waals surface area contributed by atoms with Crippen molar-refractivity contribution in [2.24, 2.45) is 17.4 Å². The van der Waals surface area contributed by atoms with Crippen molar-refractivity contribution in [2.75, 3.05) is 24.5 Å². The van der Waals surface area contributed by atoms with Crippen molar-refractivity contribution in [3.05, 3.63) is 22.9 Å². The molecule has 1 saturated heterocycles. The summed E-state index contributed by atoms with van der Waals surface area (Å²) in [6.07, 6.45) is 6.62. The molecule has 1 aromatic heterocycles. The topological polar surface area (TPSA) is 85.2 Å². The molecule has 1 aliphatic heterocycles. The van der Waals surface area contributed by atoms with Crippen LogP contribution in [0.2, 0.25) is 0 Å². The molecule has 0 radical (unpaired) electrons. The molecule has 1 unspecified atom stereocenters. The number of aryl methyl sites for hydroxylation is 2. The van der Waals surface area contributed by atoms with Crippen molar-refractivity contribution in [1.29, 1.82) is 0 Å². The molecule has 0 aromatic carbocycles. The number of aromatic nitrogens is 1. The van der Waals surface area contributed by atoms with E-state index in [4.69, 9.17) is 16.5 Å². The summed E-state index contributed by atoms with van der Waals surface area (Å²) in [5.41, 5.74) is 14.3. The number of nitrogens with zero attached hydrogens (tertiary/aromatic N) is 2. The summed E-state index contributed by atoms with van der Waals surface area (Å²) in [5, 5.41) is 0. The van der Waals surface area contributed by atoms with E-state index >= 15 is 0 Å². The van der Waals surface area contributed by atoms with Gasteiger partial charge < -0.3 is 16.4 Å². The third kappa shape index (κ3) is 2.88. The van der Waals surface area contributed by atoms with Gasteiger partial charge in [0.05, 0.1) is 5.56 Å². The third-order valence-corrected chi connectivity index (χ3v) is 4.70. The second kappa shape index (κ2) is 6.02. The molecule has 2 heterocycles. The molecule has 1 atom stereocenters. The number of anilines is 1. The fraction of sp³-hybridized carbons (Fsp3) is 0.625. The van der Waals surface area contributed by atoms with Crippen LogP contribution in [0.3, 0.4) is 0 Å². The molecule has 5 nitrogen and oxygen atoms in total. The number of piperidine rings is 1. The smallest absolute Gasteiger partial charge is 0.252 e. The number of fused-ring (bicyclic) bond motifs is 1. The molecule has 4 N–H and O–H groups in total. The lowest BCUT2D eigenvalue weighted by molar-refractivity contribution is 0.1000. The standard InChI is InChI=1S/C16H24N4O/c17-9-11-4-3-7-20(10-11)16-13(15(18)21)8-12-5-1-2-6-14(12)19-16/h8,11H,1-7,9-10,17H2,(H2,18,21). The Labute approximate surface area is 125 Å². The Kier molecular flexibility index (Phi) is 4.10. The summed E-state index contributed by atoms with van der Waals surface area (Å²) >= 11 is 0. The molecular formula is C16H24N4O. The number of carbonyl (C=O) groups excluding carboxylic acids is 1. The summed E-state index contributed by atoms with van der Waals surface area (Å²) in [6.45, 7) is 2.50. The first-order chi connectivity index (χ1) is 10.2. The highest BCUT2D eigenvalue weighted by Gasteiger charge is 2.25. The fourth-order valence-corrected chi connectivity index (χ4v) is 3.49. The van der Waals surface area contributed by atoms with Crippen molar-refractivity contribution in [1.82, 2.24) is 4.98 Å². The van der Waals surface area contributed by atoms with Gasteiger partial charge in [-0.15, -0.1) is 0 Å². The van der Waals surface area contributed by atoms with Crippen LogP contribution in [0.5, 0.6) is 0 Å². The molecule has 1 aromatic rings. The maximum Gasteiger partial charge on any atom is 0.252 e. The number of carbonyl (C=O) groups is 1. The highest BCUT2D eigenvalue weighted by molar-refractivity contribution is 5.98. The van der Waals surface area contributed by atoms with Crippen LogP contribution in [0.25, 0.3) is 0 Å². The average molecular weight is 288 g/mol. The van der Waals surface area contributed by atoms with E-state index in [9.17, 15) is 4.79 Å². The Balaban J connectivity index is 1.97. The van der Waals surface area contributed by atoms with Gasteiger partial charge in [0.25, 0.3) is 5.91 Å². The minimum Gasteiger partial charge on any atom is -0.365 e. The number of rotatable bonds is 3. The normalized spacial score (nSPS) is 22.0. The van der Waals surface area contributed by atoms with Gasteiger partial charge in [-0.25, -0.2) is 4.98 Å². The molecule has 0 saturated carbocycles. The van der Waals surface area contributed by atoms with Crippen molar-refractivity contribution in [3.8, 4) is 0 Å². The zero-order valence-electron chi connectivity index (χ0n) is 12.5. The van der Waals surface area contributed by atoms with Gasteiger partial charge in [-0.3, -0.25) is 4.79 Å². The van der Waals surface area contributed by atoms with Crippen LogP contribution in [0.15, 0.2) is 6.07 Å². The second-order valence-corrected chi connectivity index (χ2v) is 6.23. The Bertz CT molecular complexity index is 543. The van der Waals surface area contributed by atoms with Gasteiger partial charge in [-0.2, -0.15) is 0 Å². The van der Waals surface area contributed by atoms with Crippen LogP contribution < -0.4 is 16.4 Å². The van der Waals surface area contributed by atoms with E-state index in [0.29, 0.717) is 18.0 Å². The van der Waals surface area contributed by atoms with Crippen LogP contribution in [-0.4, -0.2) is 30.5 Å². The van der Waals surface area contributed by atoms with Gasteiger partial charge in [-0.1, -0.05) is 0 Å². The summed E-state index contributed by atoms with van der Waals surface area (Å²) in [6, 6.07) is 1.98. The molecule has 114 valence electrons. The number of nitrogens with two attached hydrogens (primary N) is 2. The van der Waals surface area contributed by atoms with Gasteiger partial charge in [0.2, 0.25) is 0 Å². The molecule has 0 spiro atoms. The van der Waals surface area contributed by atoms with Gasteiger partial charge in [0.1, 0.15) is 5.82 Å². The molecule has 21 heavy (non-hydrogen) atoms. The Morgan fingerprint density at radius 1 is 1.33 bits per heavy atom. The molecule has 1 aliphatic carbocycles. The second-order valence-electron chi connectivity index (χ2n) is 6.23. The lowest BCUT2D eigenvalue weighted by Gasteiger charge is -2.34. The molecule has 1 fully saturated rings. The van der Waals surface area contributed by atoms with E-state index in [2.05, 4.69) is 4.90 Å². The van der Waals surface area contributed by atoms with E-state index in [1.165, 1.54) is 18.4 Å². The average Bonchev–Trinajstić information content (AvgIpc) is 2.53. The van der Waals surface area contributed by atoms with Crippen LogP contribution in [0.4, 0.5) is 5.82 Å². The van der Waals surface area contributed by atoms with E-state index in [0.717, 1.165) is 50.3 Å². The lowest BCUT2D eigenvalue weighted by Crippen LogP contribution is -2.40. The highest BCUT2D eigenvalue weighted by atomic mass is 16.1. The Hall–Kier alpha value is -1.62. The largest absolute Gasteiger partial charge is 0.365 e. The van der Waals surface area contributed by atoms with Gasteiger partial charge in [0, 0.05) is 18.8 Å². The first kappa shape index (κ1) is 14.3. The predicted octanol–water partition coefficient (Wildman–Crippen LogP) is 1.23. The monoisotopic (exact) mass is 288 g/mol. The van der Waals surface area contributed by atoms with Crippen LogP contribution >= 0.6 is 0 Å². The SMILES string of the molecule is NCC1CCCN(c2nc3c(cc2C(N)=O)CCCC3)C1. The van der Waals surface area contributed by atoms with E-state index in [1.54, 1.807) is 0 Å².